The summed E-state index contributed by atoms with van der Waals surface area (Å²) in [4.78, 5) is 16.4. The molecule has 0 saturated carbocycles. The molecule has 1 amide bonds. The van der Waals surface area contributed by atoms with Gasteiger partial charge in [-0.05, 0) is 43.4 Å². The van der Waals surface area contributed by atoms with E-state index in [2.05, 4.69) is 29.2 Å². The highest BCUT2D eigenvalue weighted by molar-refractivity contribution is 5.83. The number of piperidine rings is 1. The van der Waals surface area contributed by atoms with E-state index < -0.39 is 12.2 Å². The zero-order chi connectivity index (χ0) is 17.1. The summed E-state index contributed by atoms with van der Waals surface area (Å²) in [6.07, 6.45) is 3.35. The quantitative estimate of drug-likeness (QED) is 0.922. The van der Waals surface area contributed by atoms with Crippen LogP contribution in [-0.2, 0) is 4.79 Å². The van der Waals surface area contributed by atoms with Crippen LogP contribution < -0.4 is 10.6 Å². The van der Waals surface area contributed by atoms with E-state index in [9.17, 15) is 9.18 Å². The van der Waals surface area contributed by atoms with Crippen LogP contribution in [0.25, 0.3) is 0 Å². The zero-order valence-corrected chi connectivity index (χ0v) is 14.5. The number of carbonyl (C=O) groups is 1. The van der Waals surface area contributed by atoms with Crippen LogP contribution in [-0.4, -0.2) is 49.2 Å². The maximum absolute atomic E-state index is 13.3. The molecule has 132 valence electrons. The lowest BCUT2D eigenvalue weighted by molar-refractivity contribution is -0.132. The van der Waals surface area contributed by atoms with Crippen LogP contribution in [0, 0.1) is 0 Å². The summed E-state index contributed by atoms with van der Waals surface area (Å²) in [5, 5.41) is 0. The van der Waals surface area contributed by atoms with Crippen LogP contribution in [0.1, 0.15) is 44.1 Å². The first kappa shape index (κ1) is 17.2. The van der Waals surface area contributed by atoms with Crippen LogP contribution >= 0.6 is 0 Å². The first-order valence-corrected chi connectivity index (χ1v) is 9.09. The highest BCUT2D eigenvalue weighted by Crippen LogP contribution is 2.25. The first-order valence-electron chi connectivity index (χ1n) is 9.09. The molecule has 2 N–H and O–H groups in total. The number of likely N-dealkylation sites (tertiary alicyclic amines) is 1. The van der Waals surface area contributed by atoms with Gasteiger partial charge < -0.3 is 15.5 Å². The number of carbonyl (C=O) groups excluding carboxylic acids is 1. The van der Waals surface area contributed by atoms with Gasteiger partial charge in [0, 0.05) is 31.2 Å². The molecule has 0 unspecified atom stereocenters. The predicted molar refractivity (Wildman–Crippen MR) is 95.0 cm³/mol. The standard InChI is InChI=1S/C19H28FN3O/c1-14(18(21)19(24)23-12-9-16(20)13-23)15-5-7-17(8-6-15)22-10-3-2-4-11-22/h5-8,14,16,18H,2-4,9-13,21H2,1H3/t14-,16-,18-/m0/s1. The fraction of sp³-hybridized carbons (Fsp3) is 0.632. The molecule has 4 nitrogen and oxygen atoms in total. The molecule has 0 bridgehead atoms. The molecule has 0 aromatic heterocycles. The number of hydrogen-bond donors (Lipinski definition) is 1. The normalized spacial score (nSPS) is 24.0. The number of hydrogen-bond acceptors (Lipinski definition) is 3. The van der Waals surface area contributed by atoms with Crippen molar-refractivity contribution in [3.05, 3.63) is 29.8 Å². The number of halogens is 1. The monoisotopic (exact) mass is 333 g/mol. The summed E-state index contributed by atoms with van der Waals surface area (Å²) in [6.45, 7) is 4.88. The molecule has 3 atom stereocenters. The molecule has 0 spiro atoms. The van der Waals surface area contributed by atoms with Crippen molar-refractivity contribution in [2.75, 3.05) is 31.1 Å². The van der Waals surface area contributed by atoms with Gasteiger partial charge in [0.1, 0.15) is 6.17 Å². The summed E-state index contributed by atoms with van der Waals surface area (Å²) in [5.74, 6) is -0.214. The van der Waals surface area contributed by atoms with Gasteiger partial charge in [0.25, 0.3) is 0 Å². The number of amides is 1. The minimum atomic E-state index is -0.903. The topological polar surface area (TPSA) is 49.6 Å². The summed E-state index contributed by atoms with van der Waals surface area (Å²) in [6, 6.07) is 7.79. The van der Waals surface area contributed by atoms with E-state index in [-0.39, 0.29) is 18.4 Å². The Balaban J connectivity index is 1.63. The second-order valence-corrected chi connectivity index (χ2v) is 7.12. The van der Waals surface area contributed by atoms with Crippen molar-refractivity contribution in [3.8, 4) is 0 Å². The van der Waals surface area contributed by atoms with Gasteiger partial charge >= 0.3 is 0 Å². The molecule has 0 radical (unpaired) electrons. The van der Waals surface area contributed by atoms with E-state index in [1.54, 1.807) is 4.90 Å². The fourth-order valence-electron chi connectivity index (χ4n) is 3.69. The second-order valence-electron chi connectivity index (χ2n) is 7.12. The van der Waals surface area contributed by atoms with Crippen LogP contribution in [0.4, 0.5) is 10.1 Å². The summed E-state index contributed by atoms with van der Waals surface area (Å²) < 4.78 is 13.3. The molecule has 1 aromatic carbocycles. The Morgan fingerprint density at radius 1 is 1.17 bits per heavy atom. The lowest BCUT2D eigenvalue weighted by atomic mass is 9.92. The maximum Gasteiger partial charge on any atom is 0.240 e. The van der Waals surface area contributed by atoms with Gasteiger partial charge in [0.2, 0.25) is 5.91 Å². The second kappa shape index (κ2) is 7.51. The molecule has 2 aliphatic rings. The minimum Gasteiger partial charge on any atom is -0.372 e. The van der Waals surface area contributed by atoms with Crippen molar-refractivity contribution in [3.63, 3.8) is 0 Å². The third-order valence-electron chi connectivity index (χ3n) is 5.41. The average molecular weight is 333 g/mol. The third-order valence-corrected chi connectivity index (χ3v) is 5.41. The Kier molecular flexibility index (Phi) is 5.39. The van der Waals surface area contributed by atoms with Crippen LogP contribution in [0.5, 0.6) is 0 Å². The molecule has 2 heterocycles. The third kappa shape index (κ3) is 3.72. The molecule has 2 aliphatic heterocycles. The van der Waals surface area contributed by atoms with E-state index in [0.29, 0.717) is 13.0 Å². The van der Waals surface area contributed by atoms with Crippen LogP contribution in [0.15, 0.2) is 24.3 Å². The van der Waals surface area contributed by atoms with Crippen molar-refractivity contribution < 1.29 is 9.18 Å². The molecule has 3 rings (SSSR count). The van der Waals surface area contributed by atoms with Gasteiger partial charge in [-0.25, -0.2) is 4.39 Å². The van der Waals surface area contributed by atoms with Crippen molar-refractivity contribution in [2.45, 2.75) is 50.7 Å². The number of alkyl halides is 1. The number of rotatable bonds is 4. The van der Waals surface area contributed by atoms with Gasteiger partial charge in [-0.1, -0.05) is 19.1 Å². The number of nitrogens with two attached hydrogens (primary N) is 1. The predicted octanol–water partition coefficient (Wildman–Crippen LogP) is 2.68. The van der Waals surface area contributed by atoms with Gasteiger partial charge in [-0.2, -0.15) is 0 Å². The van der Waals surface area contributed by atoms with Gasteiger partial charge in [-0.15, -0.1) is 0 Å². The van der Waals surface area contributed by atoms with Crippen LogP contribution in [0.2, 0.25) is 0 Å². The Morgan fingerprint density at radius 2 is 1.83 bits per heavy atom. The Bertz CT molecular complexity index is 556. The Morgan fingerprint density at radius 3 is 2.42 bits per heavy atom. The average Bonchev–Trinajstić information content (AvgIpc) is 3.07. The SMILES string of the molecule is C[C@@H](c1ccc(N2CCCCC2)cc1)[C@H](N)C(=O)N1CC[C@H](F)C1. The number of anilines is 1. The molecular formula is C19H28FN3O. The molecule has 5 heteroatoms. The van der Waals surface area contributed by atoms with E-state index in [1.807, 2.05) is 6.92 Å². The highest BCUT2D eigenvalue weighted by atomic mass is 19.1. The summed E-state index contributed by atoms with van der Waals surface area (Å²) >= 11 is 0. The van der Waals surface area contributed by atoms with E-state index >= 15 is 0 Å². The molecular weight excluding hydrogens is 305 g/mol. The van der Waals surface area contributed by atoms with Crippen LogP contribution in [0.3, 0.4) is 0 Å². The number of nitrogens with zero attached hydrogens (tertiary/aromatic N) is 2. The lowest BCUT2D eigenvalue weighted by Gasteiger charge is -2.29. The lowest BCUT2D eigenvalue weighted by Crippen LogP contribution is -2.45. The van der Waals surface area contributed by atoms with Crippen molar-refractivity contribution in [1.82, 2.24) is 4.90 Å². The molecule has 0 aliphatic carbocycles. The number of benzene rings is 1. The van der Waals surface area contributed by atoms with Gasteiger partial charge in [0.05, 0.1) is 12.6 Å². The Labute approximate surface area is 143 Å². The largest absolute Gasteiger partial charge is 0.372 e. The van der Waals surface area contributed by atoms with E-state index in [1.165, 1.54) is 24.9 Å². The summed E-state index contributed by atoms with van der Waals surface area (Å²) in [5.41, 5.74) is 8.48. The smallest absolute Gasteiger partial charge is 0.240 e. The summed E-state index contributed by atoms with van der Waals surface area (Å²) in [7, 11) is 0. The Hall–Kier alpha value is -1.62. The fourth-order valence-corrected chi connectivity index (χ4v) is 3.69. The minimum absolute atomic E-state index is 0.0773. The molecule has 24 heavy (non-hydrogen) atoms. The van der Waals surface area contributed by atoms with Crippen molar-refractivity contribution in [1.29, 1.82) is 0 Å². The van der Waals surface area contributed by atoms with Crippen molar-refractivity contribution in [2.24, 2.45) is 5.73 Å². The highest BCUT2D eigenvalue weighted by Gasteiger charge is 2.32. The molecule has 2 fully saturated rings. The molecule has 2 saturated heterocycles. The van der Waals surface area contributed by atoms with E-state index in [4.69, 9.17) is 5.73 Å². The van der Waals surface area contributed by atoms with Crippen molar-refractivity contribution >= 4 is 11.6 Å². The first-order chi connectivity index (χ1) is 11.6. The zero-order valence-electron chi connectivity index (χ0n) is 14.5. The molecule has 1 aromatic rings. The maximum atomic E-state index is 13.3. The van der Waals surface area contributed by atoms with Gasteiger partial charge in [0.15, 0.2) is 0 Å². The van der Waals surface area contributed by atoms with E-state index in [0.717, 1.165) is 18.7 Å². The van der Waals surface area contributed by atoms with Gasteiger partial charge in [-0.3, -0.25) is 4.79 Å².